The first-order chi connectivity index (χ1) is 8.20. The monoisotopic (exact) mass is 247 g/mol. The zero-order chi connectivity index (χ0) is 12.3. The SMILES string of the molecule is CSc1cccc(NC(=O)c2ccoc2C)c1. The molecule has 1 N–H and O–H groups in total. The maximum absolute atomic E-state index is 11.9. The molecule has 0 unspecified atom stereocenters. The third kappa shape index (κ3) is 2.71. The average Bonchev–Trinajstić information content (AvgIpc) is 2.76. The van der Waals surface area contributed by atoms with Crippen LogP contribution < -0.4 is 5.32 Å². The van der Waals surface area contributed by atoms with Crippen LogP contribution in [0, 0.1) is 6.92 Å². The van der Waals surface area contributed by atoms with Crippen molar-refractivity contribution in [3.05, 3.63) is 47.9 Å². The number of amides is 1. The van der Waals surface area contributed by atoms with Crippen LogP contribution >= 0.6 is 11.8 Å². The molecule has 1 aromatic heterocycles. The van der Waals surface area contributed by atoms with E-state index in [0.29, 0.717) is 11.3 Å². The Balaban J connectivity index is 2.16. The normalized spacial score (nSPS) is 10.2. The minimum Gasteiger partial charge on any atom is -0.469 e. The van der Waals surface area contributed by atoms with Crippen LogP contribution in [0.15, 0.2) is 45.9 Å². The Hall–Kier alpha value is -1.68. The average molecular weight is 247 g/mol. The quantitative estimate of drug-likeness (QED) is 0.843. The third-order valence-corrected chi connectivity index (χ3v) is 3.16. The zero-order valence-corrected chi connectivity index (χ0v) is 10.5. The molecule has 88 valence electrons. The molecule has 1 amide bonds. The summed E-state index contributed by atoms with van der Waals surface area (Å²) < 4.78 is 5.10. The smallest absolute Gasteiger partial charge is 0.259 e. The van der Waals surface area contributed by atoms with Gasteiger partial charge >= 0.3 is 0 Å². The first kappa shape index (κ1) is 11.8. The van der Waals surface area contributed by atoms with Gasteiger partial charge in [-0.25, -0.2) is 0 Å². The van der Waals surface area contributed by atoms with Crippen molar-refractivity contribution in [2.45, 2.75) is 11.8 Å². The number of benzene rings is 1. The van der Waals surface area contributed by atoms with Crippen molar-refractivity contribution in [3.8, 4) is 0 Å². The van der Waals surface area contributed by atoms with E-state index in [-0.39, 0.29) is 5.91 Å². The molecule has 17 heavy (non-hydrogen) atoms. The van der Waals surface area contributed by atoms with Crippen molar-refractivity contribution >= 4 is 23.4 Å². The highest BCUT2D eigenvalue weighted by Crippen LogP contribution is 2.20. The van der Waals surface area contributed by atoms with Gasteiger partial charge in [-0.3, -0.25) is 4.79 Å². The molecule has 0 aliphatic rings. The number of thioether (sulfide) groups is 1. The Bertz CT molecular complexity index is 534. The van der Waals surface area contributed by atoms with E-state index in [2.05, 4.69) is 5.32 Å². The van der Waals surface area contributed by atoms with E-state index >= 15 is 0 Å². The largest absolute Gasteiger partial charge is 0.469 e. The van der Waals surface area contributed by atoms with Gasteiger partial charge in [0.15, 0.2) is 0 Å². The summed E-state index contributed by atoms with van der Waals surface area (Å²) in [6.45, 7) is 1.77. The van der Waals surface area contributed by atoms with Crippen LogP contribution in [0.5, 0.6) is 0 Å². The second-order valence-corrected chi connectivity index (χ2v) is 4.46. The number of carbonyl (C=O) groups is 1. The minimum absolute atomic E-state index is 0.144. The van der Waals surface area contributed by atoms with Gasteiger partial charge in [0.1, 0.15) is 5.76 Å². The number of anilines is 1. The molecule has 0 bridgehead atoms. The lowest BCUT2D eigenvalue weighted by Crippen LogP contribution is -2.11. The zero-order valence-electron chi connectivity index (χ0n) is 9.69. The molecule has 0 aliphatic carbocycles. The summed E-state index contributed by atoms with van der Waals surface area (Å²) in [4.78, 5) is 13.0. The van der Waals surface area contributed by atoms with Crippen LogP contribution in [0.1, 0.15) is 16.1 Å². The molecule has 1 aromatic carbocycles. The molecule has 0 saturated carbocycles. The number of furan rings is 1. The maximum atomic E-state index is 11.9. The highest BCUT2D eigenvalue weighted by Gasteiger charge is 2.11. The summed E-state index contributed by atoms with van der Waals surface area (Å²) >= 11 is 1.64. The van der Waals surface area contributed by atoms with E-state index in [4.69, 9.17) is 4.42 Å². The molecule has 0 fully saturated rings. The Morgan fingerprint density at radius 2 is 2.18 bits per heavy atom. The van der Waals surface area contributed by atoms with Gasteiger partial charge in [0.2, 0.25) is 0 Å². The van der Waals surface area contributed by atoms with Crippen LogP contribution in [0.2, 0.25) is 0 Å². The molecule has 0 atom stereocenters. The number of aryl methyl sites for hydroxylation is 1. The van der Waals surface area contributed by atoms with E-state index in [1.165, 1.54) is 6.26 Å². The lowest BCUT2D eigenvalue weighted by Gasteiger charge is -2.05. The number of hydrogen-bond donors (Lipinski definition) is 1. The lowest BCUT2D eigenvalue weighted by atomic mass is 10.2. The standard InChI is InChI=1S/C13H13NO2S/c1-9-12(6-7-16-9)13(15)14-10-4-3-5-11(8-10)17-2/h3-8H,1-2H3,(H,14,15). The predicted molar refractivity (Wildman–Crippen MR) is 69.6 cm³/mol. The van der Waals surface area contributed by atoms with Crippen molar-refractivity contribution in [1.29, 1.82) is 0 Å². The maximum Gasteiger partial charge on any atom is 0.259 e. The van der Waals surface area contributed by atoms with Gasteiger partial charge < -0.3 is 9.73 Å². The number of carbonyl (C=O) groups excluding carboxylic acids is 1. The second kappa shape index (κ2) is 5.10. The lowest BCUT2D eigenvalue weighted by molar-refractivity contribution is 0.102. The molecule has 1 heterocycles. The molecule has 0 saturated heterocycles. The van der Waals surface area contributed by atoms with Gasteiger partial charge in [-0.15, -0.1) is 11.8 Å². The van der Waals surface area contributed by atoms with Gasteiger partial charge in [0, 0.05) is 10.6 Å². The van der Waals surface area contributed by atoms with Crippen LogP contribution in [-0.4, -0.2) is 12.2 Å². The van der Waals surface area contributed by atoms with Crippen molar-refractivity contribution in [2.75, 3.05) is 11.6 Å². The molecule has 0 spiro atoms. The molecule has 3 nitrogen and oxygen atoms in total. The molecule has 4 heteroatoms. The highest BCUT2D eigenvalue weighted by molar-refractivity contribution is 7.98. The van der Waals surface area contributed by atoms with E-state index in [1.54, 1.807) is 24.8 Å². The summed E-state index contributed by atoms with van der Waals surface area (Å²) in [6, 6.07) is 9.40. The fourth-order valence-corrected chi connectivity index (χ4v) is 1.98. The summed E-state index contributed by atoms with van der Waals surface area (Å²) in [5.41, 5.74) is 1.36. The van der Waals surface area contributed by atoms with E-state index in [0.717, 1.165) is 10.6 Å². The highest BCUT2D eigenvalue weighted by atomic mass is 32.2. The summed E-state index contributed by atoms with van der Waals surface area (Å²) in [5.74, 6) is 0.484. The van der Waals surface area contributed by atoms with Crippen LogP contribution in [-0.2, 0) is 0 Å². The van der Waals surface area contributed by atoms with Gasteiger partial charge in [-0.2, -0.15) is 0 Å². The summed E-state index contributed by atoms with van der Waals surface area (Å²) in [5, 5.41) is 2.85. The number of rotatable bonds is 3. The van der Waals surface area contributed by atoms with E-state index in [9.17, 15) is 4.79 Å². The summed E-state index contributed by atoms with van der Waals surface area (Å²) in [6.07, 6.45) is 3.52. The fourth-order valence-electron chi connectivity index (χ4n) is 1.52. The Morgan fingerprint density at radius 3 is 2.82 bits per heavy atom. The van der Waals surface area contributed by atoms with Gasteiger partial charge in [-0.05, 0) is 37.4 Å². The molecule has 0 aliphatic heterocycles. The van der Waals surface area contributed by atoms with Crippen LogP contribution in [0.25, 0.3) is 0 Å². The van der Waals surface area contributed by atoms with Gasteiger partial charge in [0.05, 0.1) is 11.8 Å². The molecule has 2 aromatic rings. The van der Waals surface area contributed by atoms with Crippen molar-refractivity contribution < 1.29 is 9.21 Å². The predicted octanol–water partition coefficient (Wildman–Crippen LogP) is 3.56. The molecule has 0 radical (unpaired) electrons. The Labute approximate surface area is 104 Å². The van der Waals surface area contributed by atoms with E-state index < -0.39 is 0 Å². The van der Waals surface area contributed by atoms with E-state index in [1.807, 2.05) is 30.5 Å². The number of nitrogens with one attached hydrogen (secondary N) is 1. The first-order valence-electron chi connectivity index (χ1n) is 5.20. The fraction of sp³-hybridized carbons (Fsp3) is 0.154. The summed E-state index contributed by atoms with van der Waals surface area (Å²) in [7, 11) is 0. The Morgan fingerprint density at radius 1 is 1.35 bits per heavy atom. The van der Waals surface area contributed by atoms with Crippen molar-refractivity contribution in [1.82, 2.24) is 0 Å². The minimum atomic E-state index is -0.144. The molecule has 2 rings (SSSR count). The Kier molecular flexibility index (Phi) is 3.54. The van der Waals surface area contributed by atoms with Gasteiger partial charge in [-0.1, -0.05) is 6.07 Å². The van der Waals surface area contributed by atoms with Crippen molar-refractivity contribution in [2.24, 2.45) is 0 Å². The van der Waals surface area contributed by atoms with Gasteiger partial charge in [0.25, 0.3) is 5.91 Å². The molecular weight excluding hydrogens is 234 g/mol. The molecular formula is C13H13NO2S. The van der Waals surface area contributed by atoms with Crippen LogP contribution in [0.3, 0.4) is 0 Å². The topological polar surface area (TPSA) is 42.2 Å². The van der Waals surface area contributed by atoms with Crippen molar-refractivity contribution in [3.63, 3.8) is 0 Å². The third-order valence-electron chi connectivity index (χ3n) is 2.43. The van der Waals surface area contributed by atoms with Crippen LogP contribution in [0.4, 0.5) is 5.69 Å². The first-order valence-corrected chi connectivity index (χ1v) is 6.42. The number of hydrogen-bond acceptors (Lipinski definition) is 3. The second-order valence-electron chi connectivity index (χ2n) is 3.58.